The standard InChI is InChI=1S/C43H35NO3/c1-43(2)46-39-22-11-21-34(41(39)45-42-40(47-43)23-12-24-44-42)38-26-37-33-20-10-8-18-31(33)29-16-6-5-15-28(29)30-17-7-9-19-32(30)36(37)25-35(38)27-13-3-4-14-27/h5-12,15-27H,3-4,13-14H2,1-2H3/i27D. The number of nitrogens with zero attached hydrogens (tertiary/aromatic N) is 1. The van der Waals surface area contributed by atoms with Gasteiger partial charge in [0.1, 0.15) is 0 Å². The Bertz CT molecular complexity index is 2230. The Morgan fingerprint density at radius 3 is 1.70 bits per heavy atom. The van der Waals surface area contributed by atoms with Crippen molar-refractivity contribution in [2.75, 3.05) is 0 Å². The van der Waals surface area contributed by atoms with Gasteiger partial charge in [0.25, 0.3) is 5.88 Å². The molecule has 0 atom stereocenters. The van der Waals surface area contributed by atoms with Gasteiger partial charge in [-0.25, -0.2) is 4.98 Å². The van der Waals surface area contributed by atoms with Crippen molar-refractivity contribution in [3.63, 3.8) is 0 Å². The van der Waals surface area contributed by atoms with Crippen LogP contribution >= 0.6 is 0 Å². The van der Waals surface area contributed by atoms with E-state index in [9.17, 15) is 1.37 Å². The molecule has 4 nitrogen and oxygen atoms in total. The molecule has 6 aromatic rings. The highest BCUT2D eigenvalue weighted by molar-refractivity contribution is 6.04. The average molecular weight is 615 g/mol. The van der Waals surface area contributed by atoms with Gasteiger partial charge >= 0.3 is 0 Å². The van der Waals surface area contributed by atoms with E-state index in [1.807, 2.05) is 38.1 Å². The molecule has 0 saturated heterocycles. The highest BCUT2D eigenvalue weighted by Crippen LogP contribution is 2.54. The molecular weight excluding hydrogens is 578 g/mol. The summed E-state index contributed by atoms with van der Waals surface area (Å²) in [6.45, 7) is 3.79. The number of pyridine rings is 1. The van der Waals surface area contributed by atoms with E-state index in [0.717, 1.165) is 59.1 Å². The van der Waals surface area contributed by atoms with Gasteiger partial charge in [-0.15, -0.1) is 0 Å². The van der Waals surface area contributed by atoms with Crippen LogP contribution < -0.4 is 14.2 Å². The van der Waals surface area contributed by atoms with Crippen LogP contribution in [0.3, 0.4) is 0 Å². The summed E-state index contributed by atoms with van der Waals surface area (Å²) in [5, 5.41) is 0. The van der Waals surface area contributed by atoms with Crippen LogP contribution in [0.4, 0.5) is 0 Å². The third-order valence-electron chi connectivity index (χ3n) is 9.60. The molecule has 47 heavy (non-hydrogen) atoms. The van der Waals surface area contributed by atoms with Crippen LogP contribution in [0.15, 0.2) is 121 Å². The lowest BCUT2D eigenvalue weighted by atomic mass is 9.77. The average Bonchev–Trinajstić information content (AvgIpc) is 3.55. The maximum Gasteiger partial charge on any atom is 0.262 e. The maximum atomic E-state index is 9.97. The van der Waals surface area contributed by atoms with E-state index in [0.29, 0.717) is 23.1 Å². The first-order chi connectivity index (χ1) is 23.4. The number of ether oxygens (including phenoxy) is 3. The molecular formula is C43H35NO3. The van der Waals surface area contributed by atoms with Crippen molar-refractivity contribution in [3.8, 4) is 78.8 Å². The minimum absolute atomic E-state index is 0.382. The van der Waals surface area contributed by atoms with Crippen molar-refractivity contribution in [2.24, 2.45) is 0 Å². The second-order valence-corrected chi connectivity index (χ2v) is 13.0. The molecule has 0 amide bonds. The first kappa shape index (κ1) is 26.8. The molecule has 0 bridgehead atoms. The summed E-state index contributed by atoms with van der Waals surface area (Å²) in [5.41, 5.74) is 12.2. The zero-order chi connectivity index (χ0) is 32.5. The molecule has 0 N–H and O–H groups in total. The third-order valence-corrected chi connectivity index (χ3v) is 9.60. The van der Waals surface area contributed by atoms with Gasteiger partial charge in [-0.2, -0.15) is 0 Å². The van der Waals surface area contributed by atoms with E-state index < -0.39 is 11.7 Å². The Balaban J connectivity index is 1.38. The summed E-state index contributed by atoms with van der Waals surface area (Å²) in [5.74, 6) is 0.314. The van der Waals surface area contributed by atoms with Crippen LogP contribution in [0, 0.1) is 0 Å². The predicted molar refractivity (Wildman–Crippen MR) is 188 cm³/mol. The fourth-order valence-electron chi connectivity index (χ4n) is 7.58. The molecule has 3 aliphatic rings. The van der Waals surface area contributed by atoms with Crippen molar-refractivity contribution >= 4 is 0 Å². The Kier molecular flexibility index (Phi) is 6.21. The number of benzene rings is 5. The molecule has 1 aromatic heterocycles. The van der Waals surface area contributed by atoms with Crippen molar-refractivity contribution in [3.05, 3.63) is 127 Å². The van der Waals surface area contributed by atoms with Crippen molar-refractivity contribution in [2.45, 2.75) is 51.2 Å². The van der Waals surface area contributed by atoms with Crippen LogP contribution in [-0.4, -0.2) is 10.8 Å². The Labute approximate surface area is 277 Å². The fraction of sp³-hybridized carbons (Fsp3) is 0.186. The van der Waals surface area contributed by atoms with Gasteiger partial charge < -0.3 is 14.2 Å². The van der Waals surface area contributed by atoms with E-state index >= 15 is 0 Å². The lowest BCUT2D eigenvalue weighted by Gasteiger charge is -2.32. The maximum absolute atomic E-state index is 9.97. The van der Waals surface area contributed by atoms with Crippen molar-refractivity contribution < 1.29 is 15.6 Å². The summed E-state index contributed by atoms with van der Waals surface area (Å²) in [6.07, 6.45) is 5.37. The number of rotatable bonds is 2. The number of aromatic nitrogens is 1. The molecule has 4 heteroatoms. The van der Waals surface area contributed by atoms with Crippen LogP contribution in [0.25, 0.3) is 55.6 Å². The second-order valence-electron chi connectivity index (χ2n) is 13.0. The van der Waals surface area contributed by atoms with E-state index in [1.54, 1.807) is 6.20 Å². The largest absolute Gasteiger partial charge is 0.449 e. The zero-order valence-corrected chi connectivity index (χ0v) is 26.5. The third kappa shape index (κ3) is 4.70. The van der Waals surface area contributed by atoms with Gasteiger partial charge in [-0.05, 0) is 105 Å². The van der Waals surface area contributed by atoms with Crippen LogP contribution in [0.1, 0.15) is 52.4 Å². The molecule has 0 spiro atoms. The number of para-hydroxylation sites is 1. The van der Waals surface area contributed by atoms with Gasteiger partial charge in [0.05, 0.1) is 0 Å². The van der Waals surface area contributed by atoms with E-state index in [1.165, 1.54) is 27.8 Å². The molecule has 0 unspecified atom stereocenters. The smallest absolute Gasteiger partial charge is 0.262 e. The summed E-state index contributed by atoms with van der Waals surface area (Å²) < 4.78 is 29.3. The molecule has 230 valence electrons. The lowest BCUT2D eigenvalue weighted by molar-refractivity contribution is -0.0864. The monoisotopic (exact) mass is 614 g/mol. The quantitative estimate of drug-likeness (QED) is 0.194. The SMILES string of the molecule is [2H]C1(c2cc3c(cc2-c2cccc4c2Oc2ncccc2OC(C)(C)O4)-c2ccccc2-c2ccccc2-c2ccccc2-3)CCCC1. The minimum Gasteiger partial charge on any atom is -0.449 e. The molecule has 5 aromatic carbocycles. The minimum atomic E-state index is -0.970. The first-order valence-electron chi connectivity index (χ1n) is 17.0. The molecule has 1 saturated carbocycles. The van der Waals surface area contributed by atoms with Crippen molar-refractivity contribution in [1.82, 2.24) is 4.98 Å². The fourth-order valence-corrected chi connectivity index (χ4v) is 7.58. The van der Waals surface area contributed by atoms with Crippen molar-refractivity contribution in [1.29, 1.82) is 0 Å². The van der Waals surface area contributed by atoms with Gasteiger partial charge in [-0.1, -0.05) is 97.8 Å². The molecule has 2 heterocycles. The molecule has 1 aliphatic heterocycles. The Hall–Kier alpha value is -5.35. The molecule has 9 rings (SSSR count). The van der Waals surface area contributed by atoms with Gasteiger partial charge in [-0.3, -0.25) is 0 Å². The van der Waals surface area contributed by atoms with Gasteiger partial charge in [0.15, 0.2) is 17.2 Å². The normalized spacial score (nSPS) is 16.7. The van der Waals surface area contributed by atoms with Gasteiger partial charge in [0, 0.05) is 27.0 Å². The van der Waals surface area contributed by atoms with E-state index in [-0.39, 0.29) is 0 Å². The first-order valence-corrected chi connectivity index (χ1v) is 16.5. The lowest BCUT2D eigenvalue weighted by Crippen LogP contribution is -2.36. The van der Waals surface area contributed by atoms with Crippen LogP contribution in [0.5, 0.6) is 23.1 Å². The summed E-state index contributed by atoms with van der Waals surface area (Å²) >= 11 is 0. The molecule has 0 radical (unpaired) electrons. The highest BCUT2D eigenvalue weighted by atomic mass is 16.7. The van der Waals surface area contributed by atoms with Gasteiger partial charge in [0.2, 0.25) is 5.79 Å². The summed E-state index contributed by atoms with van der Waals surface area (Å²) in [6, 6.07) is 40.4. The highest BCUT2D eigenvalue weighted by Gasteiger charge is 2.33. The molecule has 1 fully saturated rings. The van der Waals surface area contributed by atoms with Crippen LogP contribution in [-0.2, 0) is 0 Å². The molecule has 2 aliphatic carbocycles. The number of hydrogen-bond acceptors (Lipinski definition) is 4. The summed E-state index contributed by atoms with van der Waals surface area (Å²) in [7, 11) is 0. The summed E-state index contributed by atoms with van der Waals surface area (Å²) in [4.78, 5) is 4.56. The van der Waals surface area contributed by atoms with Crippen LogP contribution in [0.2, 0.25) is 0 Å². The Morgan fingerprint density at radius 2 is 1.09 bits per heavy atom. The zero-order valence-electron chi connectivity index (χ0n) is 27.5. The topological polar surface area (TPSA) is 40.6 Å². The number of fused-ring (bicyclic) bond motifs is 10. The Morgan fingerprint density at radius 1 is 0.574 bits per heavy atom. The number of hydrogen-bond donors (Lipinski definition) is 0. The van der Waals surface area contributed by atoms with E-state index in [2.05, 4.69) is 96.0 Å². The predicted octanol–water partition coefficient (Wildman–Crippen LogP) is 11.7. The second kappa shape index (κ2) is 10.9. The van der Waals surface area contributed by atoms with E-state index in [4.69, 9.17) is 14.2 Å².